The lowest BCUT2D eigenvalue weighted by Gasteiger charge is -2.12. The molecule has 3 rings (SSSR count). The molecule has 2 aromatic heterocycles. The normalized spacial score (nSPS) is 11.6. The Hall–Kier alpha value is -1.84. The number of nitrogens with one attached hydrogen (secondary N) is 1. The van der Waals surface area contributed by atoms with Crippen LogP contribution in [0.3, 0.4) is 0 Å². The summed E-state index contributed by atoms with van der Waals surface area (Å²) >= 11 is 9.13. The van der Waals surface area contributed by atoms with Gasteiger partial charge in [-0.05, 0) is 46.3 Å². The standard InChI is InChI=1S/C13H10BrClN4O3S/c1-22-10-5-4-8(15)7-11(10)23(20,21)18-9-3-2-6-19-12(9)16-17-13(19)14/h2-7,18H,1H3. The molecule has 7 nitrogen and oxygen atoms in total. The van der Waals surface area contributed by atoms with Crippen LogP contribution in [0.1, 0.15) is 0 Å². The van der Waals surface area contributed by atoms with Gasteiger partial charge >= 0.3 is 0 Å². The number of aromatic nitrogens is 3. The van der Waals surface area contributed by atoms with Gasteiger partial charge in [0, 0.05) is 11.2 Å². The predicted octanol–water partition coefficient (Wildman–Crippen LogP) is 2.95. The molecule has 1 N–H and O–H groups in total. The fourth-order valence-electron chi connectivity index (χ4n) is 2.03. The Bertz CT molecular complexity index is 990. The minimum Gasteiger partial charge on any atom is -0.495 e. The van der Waals surface area contributed by atoms with Crippen LogP contribution in [0.15, 0.2) is 46.2 Å². The Morgan fingerprint density at radius 2 is 2.09 bits per heavy atom. The van der Waals surface area contributed by atoms with Gasteiger partial charge in [0.05, 0.1) is 12.8 Å². The van der Waals surface area contributed by atoms with Gasteiger partial charge in [0.1, 0.15) is 10.6 Å². The number of halogens is 2. The number of anilines is 1. The molecule has 23 heavy (non-hydrogen) atoms. The molecule has 0 atom stereocenters. The Morgan fingerprint density at radius 3 is 2.83 bits per heavy atom. The quantitative estimate of drug-likeness (QED) is 0.705. The molecule has 0 bridgehead atoms. The van der Waals surface area contributed by atoms with Crippen molar-refractivity contribution in [1.82, 2.24) is 14.6 Å². The van der Waals surface area contributed by atoms with Gasteiger partial charge in [0.2, 0.25) is 4.73 Å². The van der Waals surface area contributed by atoms with Gasteiger partial charge in [0.15, 0.2) is 5.65 Å². The number of nitrogens with zero attached hydrogens (tertiary/aromatic N) is 3. The van der Waals surface area contributed by atoms with Crippen molar-refractivity contribution in [2.75, 3.05) is 11.8 Å². The van der Waals surface area contributed by atoms with Gasteiger partial charge in [-0.15, -0.1) is 10.2 Å². The molecular weight excluding hydrogens is 408 g/mol. The highest BCUT2D eigenvalue weighted by molar-refractivity contribution is 9.10. The van der Waals surface area contributed by atoms with E-state index in [1.54, 1.807) is 28.8 Å². The topological polar surface area (TPSA) is 85.6 Å². The average Bonchev–Trinajstić information content (AvgIpc) is 2.90. The van der Waals surface area contributed by atoms with Crippen molar-refractivity contribution in [2.45, 2.75) is 4.90 Å². The van der Waals surface area contributed by atoms with Gasteiger partial charge < -0.3 is 4.74 Å². The number of fused-ring (bicyclic) bond motifs is 1. The molecular formula is C13H10BrClN4O3S. The van der Waals surface area contributed by atoms with E-state index in [-0.39, 0.29) is 21.4 Å². The third-order valence-corrected chi connectivity index (χ3v) is 5.22. The molecule has 10 heteroatoms. The first-order chi connectivity index (χ1) is 10.9. The highest BCUT2D eigenvalue weighted by Gasteiger charge is 2.22. The number of pyridine rings is 1. The average molecular weight is 418 g/mol. The zero-order valence-corrected chi connectivity index (χ0v) is 14.9. The van der Waals surface area contributed by atoms with E-state index in [0.29, 0.717) is 10.4 Å². The van der Waals surface area contributed by atoms with Crippen LogP contribution < -0.4 is 9.46 Å². The minimum atomic E-state index is -3.92. The van der Waals surface area contributed by atoms with Crippen molar-refractivity contribution >= 4 is 48.9 Å². The number of hydrogen-bond donors (Lipinski definition) is 1. The van der Waals surface area contributed by atoms with Crippen LogP contribution in [0.4, 0.5) is 5.69 Å². The summed E-state index contributed by atoms with van der Waals surface area (Å²) in [5.41, 5.74) is 0.650. The maximum Gasteiger partial charge on any atom is 0.265 e. The van der Waals surface area contributed by atoms with E-state index < -0.39 is 10.0 Å². The number of rotatable bonds is 4. The Balaban J connectivity index is 2.09. The van der Waals surface area contributed by atoms with E-state index in [1.807, 2.05) is 0 Å². The van der Waals surface area contributed by atoms with Crippen molar-refractivity contribution in [3.63, 3.8) is 0 Å². The van der Waals surface area contributed by atoms with Gasteiger partial charge in [-0.3, -0.25) is 9.12 Å². The van der Waals surface area contributed by atoms with E-state index in [2.05, 4.69) is 30.8 Å². The molecule has 0 aliphatic carbocycles. The van der Waals surface area contributed by atoms with Crippen LogP contribution in [0.2, 0.25) is 5.02 Å². The number of hydrogen-bond acceptors (Lipinski definition) is 5. The van der Waals surface area contributed by atoms with Crippen LogP contribution in [-0.2, 0) is 10.0 Å². The van der Waals surface area contributed by atoms with Gasteiger partial charge in [-0.2, -0.15) is 0 Å². The summed E-state index contributed by atoms with van der Waals surface area (Å²) in [5, 5.41) is 8.08. The van der Waals surface area contributed by atoms with Crippen LogP contribution in [0, 0.1) is 0 Å². The Morgan fingerprint density at radius 1 is 1.30 bits per heavy atom. The van der Waals surface area contributed by atoms with Crippen LogP contribution in [-0.4, -0.2) is 30.1 Å². The number of sulfonamides is 1. The lowest BCUT2D eigenvalue weighted by Crippen LogP contribution is -2.15. The predicted molar refractivity (Wildman–Crippen MR) is 89.5 cm³/mol. The lowest BCUT2D eigenvalue weighted by molar-refractivity contribution is 0.403. The van der Waals surface area contributed by atoms with Crippen molar-refractivity contribution in [3.05, 3.63) is 46.3 Å². The first kappa shape index (κ1) is 16.0. The molecule has 2 heterocycles. The van der Waals surface area contributed by atoms with Gasteiger partial charge in [-0.1, -0.05) is 11.6 Å². The van der Waals surface area contributed by atoms with Crippen LogP contribution >= 0.6 is 27.5 Å². The maximum atomic E-state index is 12.7. The second-order valence-electron chi connectivity index (χ2n) is 4.49. The van der Waals surface area contributed by atoms with E-state index in [4.69, 9.17) is 16.3 Å². The highest BCUT2D eigenvalue weighted by atomic mass is 79.9. The van der Waals surface area contributed by atoms with E-state index >= 15 is 0 Å². The van der Waals surface area contributed by atoms with Crippen molar-refractivity contribution in [1.29, 1.82) is 0 Å². The third kappa shape index (κ3) is 2.99. The van der Waals surface area contributed by atoms with Crippen molar-refractivity contribution in [3.8, 4) is 5.75 Å². The second-order valence-corrected chi connectivity index (χ2v) is 7.28. The van der Waals surface area contributed by atoms with Crippen molar-refractivity contribution in [2.24, 2.45) is 0 Å². The molecule has 0 amide bonds. The molecule has 3 aromatic rings. The fourth-order valence-corrected chi connectivity index (χ4v) is 3.89. The molecule has 0 spiro atoms. The molecule has 1 aromatic carbocycles. The van der Waals surface area contributed by atoms with E-state index in [9.17, 15) is 8.42 Å². The summed E-state index contributed by atoms with van der Waals surface area (Å²) in [4.78, 5) is -0.0620. The molecule has 0 radical (unpaired) electrons. The molecule has 0 fully saturated rings. The smallest absolute Gasteiger partial charge is 0.265 e. The summed E-state index contributed by atoms with van der Waals surface area (Å²) in [5.74, 6) is 0.191. The van der Waals surface area contributed by atoms with Crippen LogP contribution in [0.5, 0.6) is 5.75 Å². The number of benzene rings is 1. The van der Waals surface area contributed by atoms with Gasteiger partial charge in [-0.25, -0.2) is 8.42 Å². The fraction of sp³-hybridized carbons (Fsp3) is 0.0769. The van der Waals surface area contributed by atoms with E-state index in [0.717, 1.165) is 0 Å². The monoisotopic (exact) mass is 416 g/mol. The highest BCUT2D eigenvalue weighted by Crippen LogP contribution is 2.29. The molecule has 0 aliphatic rings. The zero-order valence-electron chi connectivity index (χ0n) is 11.7. The summed E-state index contributed by atoms with van der Waals surface area (Å²) in [6.45, 7) is 0. The van der Waals surface area contributed by atoms with Crippen LogP contribution in [0.25, 0.3) is 5.65 Å². The second kappa shape index (κ2) is 5.99. The molecule has 0 aliphatic heterocycles. The Labute approximate surface area is 145 Å². The van der Waals surface area contributed by atoms with Gasteiger partial charge in [0.25, 0.3) is 10.0 Å². The number of methoxy groups -OCH3 is 1. The molecule has 0 saturated carbocycles. The molecule has 0 unspecified atom stereocenters. The van der Waals surface area contributed by atoms with E-state index in [1.165, 1.54) is 19.2 Å². The lowest BCUT2D eigenvalue weighted by atomic mass is 10.3. The summed E-state index contributed by atoms with van der Waals surface area (Å²) in [7, 11) is -2.53. The molecule has 0 saturated heterocycles. The largest absolute Gasteiger partial charge is 0.495 e. The van der Waals surface area contributed by atoms with Crippen molar-refractivity contribution < 1.29 is 13.2 Å². The third-order valence-electron chi connectivity index (χ3n) is 3.05. The first-order valence-corrected chi connectivity index (χ1v) is 8.93. The number of ether oxygens (including phenoxy) is 1. The molecule has 120 valence electrons. The Kier molecular flexibility index (Phi) is 4.17. The maximum absolute atomic E-state index is 12.7. The summed E-state index contributed by atoms with van der Waals surface area (Å²) < 4.78 is 35.0. The first-order valence-electron chi connectivity index (χ1n) is 6.28. The summed E-state index contributed by atoms with van der Waals surface area (Å²) in [6.07, 6.45) is 1.71. The zero-order chi connectivity index (χ0) is 16.6. The minimum absolute atomic E-state index is 0.0620. The summed E-state index contributed by atoms with van der Waals surface area (Å²) in [6, 6.07) is 7.63. The SMILES string of the molecule is COc1ccc(Cl)cc1S(=O)(=O)Nc1cccn2c(Br)nnc12.